The van der Waals surface area contributed by atoms with E-state index in [4.69, 9.17) is 10.5 Å². The predicted octanol–water partition coefficient (Wildman–Crippen LogP) is 4.30. The van der Waals surface area contributed by atoms with Crippen molar-refractivity contribution in [1.29, 1.82) is 0 Å². The van der Waals surface area contributed by atoms with Gasteiger partial charge in [0.25, 0.3) is 23.6 Å². The Morgan fingerprint density at radius 3 is 2.40 bits per heavy atom. The van der Waals surface area contributed by atoms with Gasteiger partial charge in [0, 0.05) is 42.2 Å². The number of nitrogens with two attached hydrogens (primary N) is 1. The summed E-state index contributed by atoms with van der Waals surface area (Å²) in [6, 6.07) is 25.4. The average molecular weight is 739 g/mol. The Labute approximate surface area is 314 Å². The molecule has 1 atom stereocenters. The molecule has 0 radical (unpaired) electrons. The molecule has 7 rings (SSSR count). The molecule has 1 saturated heterocycles. The maximum absolute atomic E-state index is 13.2. The highest BCUT2D eigenvalue weighted by molar-refractivity contribution is 6.24. The zero-order valence-electron chi connectivity index (χ0n) is 29.3. The highest BCUT2D eigenvalue weighted by Gasteiger charge is 2.46. The number of primary amides is 1. The van der Waals surface area contributed by atoms with Crippen LogP contribution in [0.3, 0.4) is 0 Å². The van der Waals surface area contributed by atoms with E-state index >= 15 is 0 Å². The minimum Gasteiger partial charge on any atom is -0.485 e. The Kier molecular flexibility index (Phi) is 10.1. The van der Waals surface area contributed by atoms with Crippen LogP contribution in [-0.2, 0) is 14.4 Å². The maximum atomic E-state index is 13.2. The summed E-state index contributed by atoms with van der Waals surface area (Å²) in [6.07, 6.45) is 1.88. The molecule has 6 amide bonds. The van der Waals surface area contributed by atoms with Crippen LogP contribution in [0.25, 0.3) is 22.0 Å². The van der Waals surface area contributed by atoms with E-state index in [0.29, 0.717) is 28.6 Å². The SMILES string of the molecule is NC(=O)c1cnc2ccc(-c3ccc(C(=O)NCCCC(=O)COc4cccc5c4C(=O)N(C4CCC(=O)NC4=O)C5=O)cc3)cc2c1Nc1ccccc1. The Bertz CT molecular complexity index is 2400. The van der Waals surface area contributed by atoms with E-state index in [1.165, 1.54) is 24.4 Å². The molecule has 0 spiro atoms. The van der Waals surface area contributed by atoms with Crippen molar-refractivity contribution < 1.29 is 38.3 Å². The molecular weight excluding hydrogens is 704 g/mol. The number of aromatic nitrogens is 1. The maximum Gasteiger partial charge on any atom is 0.266 e. The summed E-state index contributed by atoms with van der Waals surface area (Å²) in [5, 5.41) is 8.97. The molecule has 0 bridgehead atoms. The van der Waals surface area contributed by atoms with Crippen LogP contribution in [0.5, 0.6) is 5.75 Å². The van der Waals surface area contributed by atoms with Gasteiger partial charge in [-0.25, -0.2) is 0 Å². The van der Waals surface area contributed by atoms with E-state index in [2.05, 4.69) is 20.9 Å². The summed E-state index contributed by atoms with van der Waals surface area (Å²) in [7, 11) is 0. The number of carbonyl (C=O) groups excluding carboxylic acids is 7. The third kappa shape index (κ3) is 7.51. The second-order valence-electron chi connectivity index (χ2n) is 13.0. The van der Waals surface area contributed by atoms with Gasteiger partial charge in [0.05, 0.1) is 27.9 Å². The number of fused-ring (bicyclic) bond motifs is 2. The van der Waals surface area contributed by atoms with E-state index in [9.17, 15) is 33.6 Å². The van der Waals surface area contributed by atoms with E-state index in [0.717, 1.165) is 21.7 Å². The molecule has 5 aromatic rings. The van der Waals surface area contributed by atoms with Crippen LogP contribution in [-0.4, -0.2) is 70.3 Å². The Morgan fingerprint density at radius 2 is 1.65 bits per heavy atom. The molecule has 14 nitrogen and oxygen atoms in total. The van der Waals surface area contributed by atoms with Gasteiger partial charge in [0.2, 0.25) is 11.8 Å². The minimum absolute atomic E-state index is 0.00375. The third-order valence-corrected chi connectivity index (χ3v) is 9.39. The molecule has 1 aromatic heterocycles. The van der Waals surface area contributed by atoms with Crippen molar-refractivity contribution in [1.82, 2.24) is 20.5 Å². The molecule has 3 heterocycles. The van der Waals surface area contributed by atoms with E-state index in [-0.39, 0.29) is 66.5 Å². The predicted molar refractivity (Wildman–Crippen MR) is 201 cm³/mol. The van der Waals surface area contributed by atoms with Gasteiger partial charge in [-0.1, -0.05) is 42.5 Å². The number of ether oxygens (including phenoxy) is 1. The number of nitrogens with zero attached hydrogens (tertiary/aromatic N) is 2. The number of nitrogens with one attached hydrogen (secondary N) is 3. The van der Waals surface area contributed by atoms with Crippen molar-refractivity contribution in [3.8, 4) is 16.9 Å². The fourth-order valence-corrected chi connectivity index (χ4v) is 6.60. The van der Waals surface area contributed by atoms with E-state index in [1.54, 1.807) is 12.1 Å². The number of rotatable bonds is 13. The number of benzene rings is 4. The van der Waals surface area contributed by atoms with Crippen molar-refractivity contribution in [2.45, 2.75) is 31.7 Å². The molecule has 2 aliphatic rings. The number of piperidine rings is 1. The Morgan fingerprint density at radius 1 is 0.891 bits per heavy atom. The topological polar surface area (TPSA) is 207 Å². The molecule has 5 N–H and O–H groups in total. The van der Waals surface area contributed by atoms with Crippen molar-refractivity contribution >= 4 is 63.5 Å². The quantitative estimate of drug-likeness (QED) is 0.0995. The van der Waals surface area contributed by atoms with Gasteiger partial charge in [0.1, 0.15) is 18.4 Å². The summed E-state index contributed by atoms with van der Waals surface area (Å²) in [4.78, 5) is 93.3. The number of hydrogen-bond donors (Lipinski definition) is 4. The minimum atomic E-state index is -1.12. The molecule has 14 heteroatoms. The second kappa shape index (κ2) is 15.4. The largest absolute Gasteiger partial charge is 0.485 e. The first-order valence-electron chi connectivity index (χ1n) is 17.5. The van der Waals surface area contributed by atoms with Crippen LogP contribution in [0.1, 0.15) is 67.1 Å². The summed E-state index contributed by atoms with van der Waals surface area (Å²) >= 11 is 0. The van der Waals surface area contributed by atoms with Gasteiger partial charge < -0.3 is 21.1 Å². The first kappa shape index (κ1) is 36.2. The Balaban J connectivity index is 0.926. The fraction of sp³-hybridized carbons (Fsp3) is 0.171. The number of Topliss-reactive ketones (excluding diaryl/α,β-unsaturated/α-hetero) is 1. The van der Waals surface area contributed by atoms with Crippen molar-refractivity contribution in [2.24, 2.45) is 5.73 Å². The number of anilines is 2. The molecule has 0 aliphatic carbocycles. The fourth-order valence-electron chi connectivity index (χ4n) is 6.60. The number of pyridine rings is 1. The lowest BCUT2D eigenvalue weighted by Crippen LogP contribution is -2.54. The number of hydrogen-bond acceptors (Lipinski definition) is 10. The molecule has 4 aromatic carbocycles. The standard InChI is InChI=1S/C41H34N6O8/c42-37(50)30-21-44-31-16-15-25(20-29(31)36(30)45-26-6-2-1-3-7-26)23-11-13-24(14-12-23)38(51)43-19-5-8-27(48)22-55-33-10-4-9-28-35(33)41(54)47(40(28)53)32-17-18-34(49)46-39(32)52/h1-4,6-7,9-16,20-21,32H,5,8,17-19,22H2,(H2,42,50)(H,43,51)(H,44,45)(H,46,49,52). The monoisotopic (exact) mass is 738 g/mol. The lowest BCUT2D eigenvalue weighted by atomic mass is 9.99. The lowest BCUT2D eigenvalue weighted by molar-refractivity contribution is -0.136. The highest BCUT2D eigenvalue weighted by atomic mass is 16.5. The summed E-state index contributed by atoms with van der Waals surface area (Å²) in [5.41, 5.74) is 10.0. The van der Waals surface area contributed by atoms with Gasteiger partial charge in [-0.15, -0.1) is 0 Å². The van der Waals surface area contributed by atoms with E-state index in [1.807, 2.05) is 60.7 Å². The summed E-state index contributed by atoms with van der Waals surface area (Å²) in [6.45, 7) is -0.151. The first-order valence-corrected chi connectivity index (χ1v) is 17.5. The van der Waals surface area contributed by atoms with Crippen LogP contribution in [0.4, 0.5) is 11.4 Å². The molecular formula is C41H34N6O8. The number of imide groups is 2. The molecule has 55 heavy (non-hydrogen) atoms. The first-order chi connectivity index (χ1) is 26.6. The smallest absolute Gasteiger partial charge is 0.266 e. The van der Waals surface area contributed by atoms with Crippen molar-refractivity contribution in [3.05, 3.63) is 119 Å². The van der Waals surface area contributed by atoms with Crippen LogP contribution in [0.2, 0.25) is 0 Å². The zero-order valence-corrected chi connectivity index (χ0v) is 29.3. The van der Waals surface area contributed by atoms with Crippen LogP contribution < -0.4 is 26.4 Å². The lowest BCUT2D eigenvalue weighted by Gasteiger charge is -2.27. The van der Waals surface area contributed by atoms with Gasteiger partial charge >= 0.3 is 0 Å². The second-order valence-corrected chi connectivity index (χ2v) is 13.0. The van der Waals surface area contributed by atoms with Gasteiger partial charge in [-0.2, -0.15) is 0 Å². The molecule has 2 aliphatic heterocycles. The number of amides is 6. The Hall–Kier alpha value is -7.22. The van der Waals surface area contributed by atoms with Gasteiger partial charge in [0.15, 0.2) is 5.78 Å². The number of para-hydroxylation sites is 1. The number of carbonyl (C=O) groups is 7. The highest BCUT2D eigenvalue weighted by Crippen LogP contribution is 2.35. The van der Waals surface area contributed by atoms with Crippen molar-refractivity contribution in [2.75, 3.05) is 18.5 Å². The van der Waals surface area contributed by atoms with E-state index < -0.39 is 35.6 Å². The molecule has 1 unspecified atom stereocenters. The van der Waals surface area contributed by atoms with Crippen LogP contribution in [0, 0.1) is 0 Å². The van der Waals surface area contributed by atoms with Crippen molar-refractivity contribution in [3.63, 3.8) is 0 Å². The summed E-state index contributed by atoms with van der Waals surface area (Å²) in [5.74, 6) is -3.77. The van der Waals surface area contributed by atoms with Crippen LogP contribution in [0.15, 0.2) is 97.2 Å². The van der Waals surface area contributed by atoms with Crippen LogP contribution >= 0.6 is 0 Å². The normalized spacial score (nSPS) is 15.1. The summed E-state index contributed by atoms with van der Waals surface area (Å²) < 4.78 is 5.66. The van der Waals surface area contributed by atoms with Gasteiger partial charge in [-0.05, 0) is 72.5 Å². The average Bonchev–Trinajstić information content (AvgIpc) is 3.44. The molecule has 276 valence electrons. The zero-order chi connectivity index (χ0) is 38.6. The number of ketones is 1. The molecule has 1 fully saturated rings. The molecule has 0 saturated carbocycles. The third-order valence-electron chi connectivity index (χ3n) is 9.39. The van der Waals surface area contributed by atoms with Gasteiger partial charge in [-0.3, -0.25) is 48.8 Å².